The molecular weight excluding hydrogens is 412 g/mol. The highest BCUT2D eigenvalue weighted by molar-refractivity contribution is 5.94. The van der Waals surface area contributed by atoms with Crippen LogP contribution < -0.4 is 10.6 Å². The highest BCUT2D eigenvalue weighted by atomic mass is 16.6. The van der Waals surface area contributed by atoms with Crippen LogP contribution >= 0.6 is 0 Å². The van der Waals surface area contributed by atoms with E-state index in [1.54, 1.807) is 12.1 Å². The second kappa shape index (κ2) is 12.8. The quantitative estimate of drug-likeness (QED) is 0.284. The lowest BCUT2D eigenvalue weighted by atomic mass is 10.1. The van der Waals surface area contributed by atoms with E-state index in [1.165, 1.54) is 0 Å². The third kappa shape index (κ3) is 10.1. The fourth-order valence-electron chi connectivity index (χ4n) is 2.53. The van der Waals surface area contributed by atoms with Crippen LogP contribution in [-0.2, 0) is 19.1 Å². The molecule has 0 radical (unpaired) electrons. The van der Waals surface area contributed by atoms with Gasteiger partial charge in [-0.05, 0) is 38.3 Å². The standard InChI is InChI=1S/C20H26N2O9/c1-12-5-7-13(8-6-12)17(25)21-11-3-2-4-14(18(26)27)22-20(30)31-15(19(28)29)9-10-16(23)24/h5-8,14-15H,2-4,9-11H2,1H3,(H,21,25)(H,22,30)(H,23,24)(H,26,27)(H,28,29)/t14-,15-/m0/s1. The Hall–Kier alpha value is -3.63. The predicted molar refractivity (Wildman–Crippen MR) is 107 cm³/mol. The minimum Gasteiger partial charge on any atom is -0.481 e. The summed E-state index contributed by atoms with van der Waals surface area (Å²) in [5.41, 5.74) is 1.54. The van der Waals surface area contributed by atoms with Crippen LogP contribution in [0, 0.1) is 6.92 Å². The number of ether oxygens (including phenoxy) is 1. The van der Waals surface area contributed by atoms with Gasteiger partial charge in [-0.1, -0.05) is 17.7 Å². The average Bonchev–Trinajstić information content (AvgIpc) is 2.69. The molecule has 0 heterocycles. The normalized spacial score (nSPS) is 12.3. The van der Waals surface area contributed by atoms with Crippen LogP contribution in [0.1, 0.15) is 48.0 Å². The van der Waals surface area contributed by atoms with E-state index in [2.05, 4.69) is 15.4 Å². The first-order chi connectivity index (χ1) is 14.6. The average molecular weight is 438 g/mol. The summed E-state index contributed by atoms with van der Waals surface area (Å²) in [4.78, 5) is 56.7. The van der Waals surface area contributed by atoms with Gasteiger partial charge >= 0.3 is 24.0 Å². The van der Waals surface area contributed by atoms with Gasteiger partial charge in [0.05, 0.1) is 0 Å². The maximum absolute atomic E-state index is 12.0. The van der Waals surface area contributed by atoms with Gasteiger partial charge in [-0.25, -0.2) is 14.4 Å². The van der Waals surface area contributed by atoms with Gasteiger partial charge in [0, 0.05) is 24.9 Å². The zero-order chi connectivity index (χ0) is 23.4. The maximum atomic E-state index is 12.0. The monoisotopic (exact) mass is 438 g/mol. The van der Waals surface area contributed by atoms with E-state index in [1.807, 2.05) is 19.1 Å². The van der Waals surface area contributed by atoms with Crippen molar-refractivity contribution >= 4 is 29.9 Å². The molecule has 2 atom stereocenters. The second-order valence-corrected chi connectivity index (χ2v) is 6.82. The highest BCUT2D eigenvalue weighted by Crippen LogP contribution is 2.07. The van der Waals surface area contributed by atoms with Crippen molar-refractivity contribution in [3.8, 4) is 0 Å². The Bertz CT molecular complexity index is 792. The van der Waals surface area contributed by atoms with E-state index in [-0.39, 0.29) is 12.3 Å². The number of amides is 2. The number of hydrogen-bond donors (Lipinski definition) is 5. The van der Waals surface area contributed by atoms with Crippen molar-refractivity contribution in [3.63, 3.8) is 0 Å². The fraction of sp³-hybridized carbons (Fsp3) is 0.450. The summed E-state index contributed by atoms with van der Waals surface area (Å²) in [6.45, 7) is 2.21. The zero-order valence-corrected chi connectivity index (χ0v) is 17.0. The molecule has 11 heteroatoms. The van der Waals surface area contributed by atoms with E-state index in [0.717, 1.165) is 5.56 Å². The molecule has 1 aromatic rings. The molecule has 0 aliphatic heterocycles. The summed E-state index contributed by atoms with van der Waals surface area (Å²) < 4.78 is 4.63. The summed E-state index contributed by atoms with van der Waals surface area (Å²) in [6.07, 6.45) is -3.11. The van der Waals surface area contributed by atoms with Gasteiger partial charge in [0.15, 0.2) is 0 Å². The van der Waals surface area contributed by atoms with E-state index in [4.69, 9.17) is 10.2 Å². The van der Waals surface area contributed by atoms with Gasteiger partial charge < -0.3 is 30.7 Å². The number of carboxylic acids is 3. The Balaban J connectivity index is 2.41. The fourth-order valence-corrected chi connectivity index (χ4v) is 2.53. The second-order valence-electron chi connectivity index (χ2n) is 6.82. The van der Waals surface area contributed by atoms with E-state index in [0.29, 0.717) is 24.9 Å². The van der Waals surface area contributed by atoms with Crippen LogP contribution in [-0.4, -0.2) is 63.9 Å². The largest absolute Gasteiger partial charge is 0.481 e. The number of unbranched alkanes of at least 4 members (excludes halogenated alkanes) is 1. The molecular formula is C20H26N2O9. The van der Waals surface area contributed by atoms with Crippen molar-refractivity contribution in [2.24, 2.45) is 0 Å². The topological polar surface area (TPSA) is 179 Å². The third-order valence-corrected chi connectivity index (χ3v) is 4.25. The summed E-state index contributed by atoms with van der Waals surface area (Å²) in [5.74, 6) is -4.38. The molecule has 31 heavy (non-hydrogen) atoms. The molecule has 0 fully saturated rings. The van der Waals surface area contributed by atoms with Crippen molar-refractivity contribution in [3.05, 3.63) is 35.4 Å². The molecule has 2 amide bonds. The Morgan fingerprint density at radius 3 is 2.13 bits per heavy atom. The predicted octanol–water partition coefficient (Wildman–Crippen LogP) is 1.39. The SMILES string of the molecule is Cc1ccc(C(=O)NCCCC[C@H](NC(=O)O[C@@H](CCC(=O)O)C(=O)O)C(=O)O)cc1. The molecule has 0 aliphatic rings. The highest BCUT2D eigenvalue weighted by Gasteiger charge is 2.26. The van der Waals surface area contributed by atoms with E-state index >= 15 is 0 Å². The Morgan fingerprint density at radius 2 is 1.58 bits per heavy atom. The Labute approximate surface area is 178 Å². The molecule has 1 rings (SSSR count). The summed E-state index contributed by atoms with van der Waals surface area (Å²) in [7, 11) is 0. The first-order valence-corrected chi connectivity index (χ1v) is 9.59. The number of aryl methyl sites for hydroxylation is 1. The number of carbonyl (C=O) groups is 5. The first kappa shape index (κ1) is 25.4. The van der Waals surface area contributed by atoms with Crippen LogP contribution in [0.4, 0.5) is 4.79 Å². The molecule has 5 N–H and O–H groups in total. The number of aliphatic carboxylic acids is 3. The summed E-state index contributed by atoms with van der Waals surface area (Å²) in [6, 6.07) is 5.69. The number of rotatable bonds is 13. The Kier molecular flexibility index (Phi) is 10.5. The summed E-state index contributed by atoms with van der Waals surface area (Å²) in [5, 5.41) is 31.6. The van der Waals surface area contributed by atoms with Crippen molar-refractivity contribution in [2.45, 2.75) is 51.2 Å². The number of alkyl carbamates (subject to hydrolysis) is 1. The lowest BCUT2D eigenvalue weighted by molar-refractivity contribution is -0.148. The molecule has 0 bridgehead atoms. The molecule has 0 saturated heterocycles. The van der Waals surface area contributed by atoms with Crippen molar-refractivity contribution in [1.29, 1.82) is 0 Å². The number of carboxylic acid groups (broad SMARTS) is 3. The molecule has 0 saturated carbocycles. The van der Waals surface area contributed by atoms with Gasteiger partial charge in [-0.3, -0.25) is 9.59 Å². The third-order valence-electron chi connectivity index (χ3n) is 4.25. The van der Waals surface area contributed by atoms with Crippen molar-refractivity contribution in [1.82, 2.24) is 10.6 Å². The van der Waals surface area contributed by atoms with Gasteiger partial charge in [0.25, 0.3) is 5.91 Å². The van der Waals surface area contributed by atoms with Gasteiger partial charge in [0.1, 0.15) is 6.04 Å². The molecule has 1 aromatic carbocycles. The first-order valence-electron chi connectivity index (χ1n) is 9.59. The van der Waals surface area contributed by atoms with Crippen LogP contribution in [0.5, 0.6) is 0 Å². The van der Waals surface area contributed by atoms with Crippen LogP contribution in [0.2, 0.25) is 0 Å². The molecule has 0 aromatic heterocycles. The molecule has 170 valence electrons. The zero-order valence-electron chi connectivity index (χ0n) is 17.0. The number of benzene rings is 1. The number of carbonyl (C=O) groups excluding carboxylic acids is 2. The van der Waals surface area contributed by atoms with Crippen molar-refractivity contribution in [2.75, 3.05) is 6.54 Å². The van der Waals surface area contributed by atoms with Crippen LogP contribution in [0.25, 0.3) is 0 Å². The lowest BCUT2D eigenvalue weighted by Crippen LogP contribution is -2.43. The summed E-state index contributed by atoms with van der Waals surface area (Å²) >= 11 is 0. The van der Waals surface area contributed by atoms with Gasteiger partial charge in [-0.2, -0.15) is 0 Å². The van der Waals surface area contributed by atoms with Gasteiger partial charge in [0.2, 0.25) is 6.10 Å². The molecule has 0 spiro atoms. The number of nitrogens with one attached hydrogen (secondary N) is 2. The molecule has 0 unspecified atom stereocenters. The van der Waals surface area contributed by atoms with E-state index < -0.39 is 49.0 Å². The van der Waals surface area contributed by atoms with E-state index in [9.17, 15) is 29.1 Å². The van der Waals surface area contributed by atoms with Crippen LogP contribution in [0.15, 0.2) is 24.3 Å². The smallest absolute Gasteiger partial charge is 0.408 e. The minimum atomic E-state index is -1.71. The Morgan fingerprint density at radius 1 is 0.935 bits per heavy atom. The minimum absolute atomic E-state index is 0.0255. The lowest BCUT2D eigenvalue weighted by Gasteiger charge is -2.17. The van der Waals surface area contributed by atoms with Gasteiger partial charge in [-0.15, -0.1) is 0 Å². The molecule has 0 aliphatic carbocycles. The molecule has 11 nitrogen and oxygen atoms in total. The van der Waals surface area contributed by atoms with Crippen LogP contribution in [0.3, 0.4) is 0 Å². The maximum Gasteiger partial charge on any atom is 0.408 e. The number of hydrogen-bond acceptors (Lipinski definition) is 6. The van der Waals surface area contributed by atoms with Crippen molar-refractivity contribution < 1.29 is 44.0 Å².